The first-order valence-corrected chi connectivity index (χ1v) is 9.77. The molecule has 0 unspecified atom stereocenters. The molecule has 0 spiro atoms. The quantitative estimate of drug-likeness (QED) is 0.786. The average Bonchev–Trinajstić information content (AvgIpc) is 2.68. The minimum atomic E-state index is -0.164. The van der Waals surface area contributed by atoms with Gasteiger partial charge in [0.1, 0.15) is 0 Å². The highest BCUT2D eigenvalue weighted by Crippen LogP contribution is 2.34. The number of amides is 2. The van der Waals surface area contributed by atoms with Gasteiger partial charge in [-0.15, -0.1) is 11.8 Å². The first-order valence-electron chi connectivity index (χ1n) is 8.55. The van der Waals surface area contributed by atoms with Gasteiger partial charge in [-0.3, -0.25) is 0 Å². The number of para-hydroxylation sites is 1. The SMILES string of the molecule is CSc1ccccc1NC(=O)NCC1(c2ccccc2)CCOCC1. The van der Waals surface area contributed by atoms with Gasteiger partial charge in [-0.25, -0.2) is 4.79 Å². The predicted octanol–water partition coefficient (Wildman–Crippen LogP) is 4.28. The summed E-state index contributed by atoms with van der Waals surface area (Å²) in [5.74, 6) is 0. The van der Waals surface area contributed by atoms with Crippen LogP contribution in [0.4, 0.5) is 10.5 Å². The summed E-state index contributed by atoms with van der Waals surface area (Å²) in [6.45, 7) is 2.06. The zero-order valence-electron chi connectivity index (χ0n) is 14.5. The Morgan fingerprint density at radius 2 is 1.76 bits per heavy atom. The van der Waals surface area contributed by atoms with Crippen LogP contribution in [0.2, 0.25) is 0 Å². The van der Waals surface area contributed by atoms with Crippen molar-refractivity contribution in [2.45, 2.75) is 23.2 Å². The summed E-state index contributed by atoms with van der Waals surface area (Å²) in [5, 5.41) is 6.04. The highest BCUT2D eigenvalue weighted by Gasteiger charge is 2.34. The van der Waals surface area contributed by atoms with E-state index in [0.29, 0.717) is 6.54 Å². The molecule has 1 aliphatic rings. The van der Waals surface area contributed by atoms with Gasteiger partial charge in [0, 0.05) is 30.1 Å². The van der Waals surface area contributed by atoms with E-state index in [2.05, 4.69) is 34.9 Å². The fourth-order valence-corrected chi connectivity index (χ4v) is 3.84. The van der Waals surface area contributed by atoms with Gasteiger partial charge >= 0.3 is 6.03 Å². The zero-order chi connectivity index (χ0) is 17.5. The van der Waals surface area contributed by atoms with Crippen molar-refractivity contribution >= 4 is 23.5 Å². The number of rotatable bonds is 5. The summed E-state index contributed by atoms with van der Waals surface area (Å²) in [6.07, 6.45) is 3.84. The minimum Gasteiger partial charge on any atom is -0.381 e. The third kappa shape index (κ3) is 4.35. The molecule has 1 aliphatic heterocycles. The Bertz CT molecular complexity index is 700. The van der Waals surface area contributed by atoms with E-state index in [0.717, 1.165) is 36.6 Å². The molecule has 1 fully saturated rings. The van der Waals surface area contributed by atoms with E-state index in [9.17, 15) is 4.79 Å². The predicted molar refractivity (Wildman–Crippen MR) is 103 cm³/mol. The molecule has 2 N–H and O–H groups in total. The number of carbonyl (C=O) groups is 1. The largest absolute Gasteiger partial charge is 0.381 e. The molecular weight excluding hydrogens is 332 g/mol. The van der Waals surface area contributed by atoms with Crippen LogP contribution in [0, 0.1) is 0 Å². The van der Waals surface area contributed by atoms with E-state index < -0.39 is 0 Å². The van der Waals surface area contributed by atoms with Gasteiger partial charge in [-0.1, -0.05) is 42.5 Å². The van der Waals surface area contributed by atoms with Crippen molar-refractivity contribution < 1.29 is 9.53 Å². The van der Waals surface area contributed by atoms with Crippen molar-refractivity contribution in [3.8, 4) is 0 Å². The summed E-state index contributed by atoms with van der Waals surface area (Å²) in [6, 6.07) is 18.1. The lowest BCUT2D eigenvalue weighted by Gasteiger charge is -2.38. The van der Waals surface area contributed by atoms with Crippen molar-refractivity contribution in [1.82, 2.24) is 5.32 Å². The van der Waals surface area contributed by atoms with Crippen LogP contribution < -0.4 is 10.6 Å². The zero-order valence-corrected chi connectivity index (χ0v) is 15.3. The van der Waals surface area contributed by atoms with Crippen molar-refractivity contribution in [3.63, 3.8) is 0 Å². The Kier molecular flexibility index (Phi) is 6.00. The smallest absolute Gasteiger partial charge is 0.319 e. The van der Waals surface area contributed by atoms with Gasteiger partial charge in [0.2, 0.25) is 0 Å². The molecule has 0 atom stereocenters. The number of benzene rings is 2. The van der Waals surface area contributed by atoms with Crippen LogP contribution in [-0.4, -0.2) is 32.0 Å². The normalized spacial score (nSPS) is 16.2. The highest BCUT2D eigenvalue weighted by atomic mass is 32.2. The standard InChI is InChI=1S/C20H24N2O2S/c1-25-18-10-6-5-9-17(18)22-19(23)21-15-20(11-13-24-14-12-20)16-7-3-2-4-8-16/h2-10H,11-15H2,1H3,(H2,21,22,23). The second-order valence-corrected chi connectivity index (χ2v) is 7.11. The number of urea groups is 1. The summed E-state index contributed by atoms with van der Waals surface area (Å²) in [4.78, 5) is 13.5. The lowest BCUT2D eigenvalue weighted by molar-refractivity contribution is 0.0508. The fourth-order valence-electron chi connectivity index (χ4n) is 3.29. The minimum absolute atomic E-state index is 0.0596. The molecule has 0 radical (unpaired) electrons. The van der Waals surface area contributed by atoms with E-state index in [1.54, 1.807) is 11.8 Å². The number of hydrogen-bond donors (Lipinski definition) is 2. The molecule has 0 saturated carbocycles. The number of nitrogens with one attached hydrogen (secondary N) is 2. The molecule has 1 heterocycles. The molecule has 5 heteroatoms. The Morgan fingerprint density at radius 3 is 2.48 bits per heavy atom. The monoisotopic (exact) mass is 356 g/mol. The maximum absolute atomic E-state index is 12.4. The molecule has 2 aromatic rings. The van der Waals surface area contributed by atoms with Crippen molar-refractivity contribution in [2.24, 2.45) is 0 Å². The van der Waals surface area contributed by atoms with Crippen LogP contribution in [-0.2, 0) is 10.2 Å². The lowest BCUT2D eigenvalue weighted by atomic mass is 9.74. The second-order valence-electron chi connectivity index (χ2n) is 6.27. The molecule has 3 rings (SSSR count). The van der Waals surface area contributed by atoms with Crippen molar-refractivity contribution in [1.29, 1.82) is 0 Å². The average molecular weight is 356 g/mol. The lowest BCUT2D eigenvalue weighted by Crippen LogP contribution is -2.45. The summed E-state index contributed by atoms with van der Waals surface area (Å²) in [7, 11) is 0. The first kappa shape index (κ1) is 17.8. The van der Waals surface area contributed by atoms with Crippen LogP contribution in [0.1, 0.15) is 18.4 Å². The van der Waals surface area contributed by atoms with Crippen LogP contribution in [0.3, 0.4) is 0 Å². The number of thioether (sulfide) groups is 1. The van der Waals surface area contributed by atoms with E-state index in [1.807, 2.05) is 36.6 Å². The number of ether oxygens (including phenoxy) is 1. The topological polar surface area (TPSA) is 50.4 Å². The van der Waals surface area contributed by atoms with Gasteiger partial charge in [0.05, 0.1) is 5.69 Å². The second kappa shape index (κ2) is 8.41. The summed E-state index contributed by atoms with van der Waals surface area (Å²) in [5.41, 5.74) is 2.05. The van der Waals surface area contributed by atoms with Crippen LogP contribution in [0.5, 0.6) is 0 Å². The Labute approximate surface area is 153 Å². The summed E-state index contributed by atoms with van der Waals surface area (Å²) < 4.78 is 5.55. The van der Waals surface area contributed by atoms with E-state index in [1.165, 1.54) is 5.56 Å². The van der Waals surface area contributed by atoms with Gasteiger partial charge < -0.3 is 15.4 Å². The maximum Gasteiger partial charge on any atom is 0.319 e. The van der Waals surface area contributed by atoms with E-state index in [4.69, 9.17) is 4.74 Å². The maximum atomic E-state index is 12.4. The molecule has 0 aliphatic carbocycles. The van der Waals surface area contributed by atoms with Gasteiger partial charge in [-0.2, -0.15) is 0 Å². The molecule has 2 amide bonds. The van der Waals surface area contributed by atoms with Crippen molar-refractivity contribution in [3.05, 3.63) is 60.2 Å². The fraction of sp³-hybridized carbons (Fsp3) is 0.350. The molecule has 1 saturated heterocycles. The van der Waals surface area contributed by atoms with E-state index >= 15 is 0 Å². The molecule has 25 heavy (non-hydrogen) atoms. The summed E-state index contributed by atoms with van der Waals surface area (Å²) >= 11 is 1.62. The highest BCUT2D eigenvalue weighted by molar-refractivity contribution is 7.98. The molecule has 0 aromatic heterocycles. The Morgan fingerprint density at radius 1 is 1.08 bits per heavy atom. The van der Waals surface area contributed by atoms with Gasteiger partial charge in [-0.05, 0) is 36.8 Å². The Balaban J connectivity index is 1.68. The van der Waals surface area contributed by atoms with Gasteiger partial charge in [0.15, 0.2) is 0 Å². The number of carbonyl (C=O) groups excluding carboxylic acids is 1. The van der Waals surface area contributed by atoms with Crippen LogP contribution >= 0.6 is 11.8 Å². The molecular formula is C20H24N2O2S. The first-order chi connectivity index (χ1) is 12.2. The Hall–Kier alpha value is -1.98. The molecule has 4 nitrogen and oxygen atoms in total. The molecule has 2 aromatic carbocycles. The molecule has 132 valence electrons. The third-order valence-electron chi connectivity index (χ3n) is 4.78. The van der Waals surface area contributed by atoms with E-state index in [-0.39, 0.29) is 11.4 Å². The van der Waals surface area contributed by atoms with Crippen molar-refractivity contribution in [2.75, 3.05) is 31.3 Å². The van der Waals surface area contributed by atoms with Gasteiger partial charge in [0.25, 0.3) is 0 Å². The number of anilines is 1. The third-order valence-corrected chi connectivity index (χ3v) is 5.57. The van der Waals surface area contributed by atoms with Crippen LogP contribution in [0.15, 0.2) is 59.5 Å². The molecule has 0 bridgehead atoms. The van der Waals surface area contributed by atoms with Crippen LogP contribution in [0.25, 0.3) is 0 Å². The number of hydrogen-bond acceptors (Lipinski definition) is 3.